The summed E-state index contributed by atoms with van der Waals surface area (Å²) in [6.45, 7) is 12.4. The quantitative estimate of drug-likeness (QED) is 0.0450. The van der Waals surface area contributed by atoms with Crippen molar-refractivity contribution in [3.63, 3.8) is 0 Å². The van der Waals surface area contributed by atoms with Crippen LogP contribution in [0.4, 0.5) is 79.0 Å². The average Bonchev–Trinajstić information content (AvgIpc) is 3.24. The van der Waals surface area contributed by atoms with Gasteiger partial charge in [-0.2, -0.15) is 79.0 Å². The van der Waals surface area contributed by atoms with Crippen molar-refractivity contribution in [3.8, 4) is 22.9 Å². The lowest BCUT2D eigenvalue weighted by atomic mass is 9.89. The second-order valence-corrected chi connectivity index (χ2v) is 29.4. The summed E-state index contributed by atoms with van der Waals surface area (Å²) < 4.78 is 253. The maximum absolute atomic E-state index is 15.2. The Kier molecular flexibility index (Phi) is 15.1. The van der Waals surface area contributed by atoms with Gasteiger partial charge in [0.15, 0.2) is 0 Å². The third-order valence-corrected chi connectivity index (χ3v) is 25.5. The number of halogens is 18. The molecule has 5 rings (SSSR count). The molecule has 0 unspecified atom stereocenters. The molecule has 0 aromatic heterocycles. The molecule has 0 saturated heterocycles. The molecular formula is C50H48F18Si2. The van der Waals surface area contributed by atoms with E-state index in [0.717, 1.165) is 0 Å². The second kappa shape index (κ2) is 18.8. The second-order valence-electron chi connectivity index (χ2n) is 19.1. The lowest BCUT2D eigenvalue weighted by Gasteiger charge is -2.38. The Bertz CT molecular complexity index is 2560. The van der Waals surface area contributed by atoms with Gasteiger partial charge < -0.3 is 0 Å². The molecule has 5 aromatic carbocycles. The Hall–Kier alpha value is -4.57. The molecule has 0 N–H and O–H groups in total. The molecule has 0 aliphatic carbocycles. The highest BCUT2D eigenvalue weighted by molar-refractivity contribution is 6.90. The minimum atomic E-state index is -7.08. The fourth-order valence-corrected chi connectivity index (χ4v) is 17.8. The van der Waals surface area contributed by atoms with Crippen LogP contribution in [-0.4, -0.2) is 64.0 Å². The summed E-state index contributed by atoms with van der Waals surface area (Å²) in [7, 11) is -7.59. The van der Waals surface area contributed by atoms with Gasteiger partial charge in [0.05, 0.1) is 0 Å². The van der Waals surface area contributed by atoms with Crippen LogP contribution in [0.15, 0.2) is 72.8 Å². The molecule has 0 saturated carbocycles. The van der Waals surface area contributed by atoms with Crippen molar-refractivity contribution >= 4 is 59.2 Å². The number of benzene rings is 5. The van der Waals surface area contributed by atoms with Gasteiger partial charge in [-0.25, -0.2) is 0 Å². The normalized spacial score (nSPS) is 14.4. The number of hydrogen-bond acceptors (Lipinski definition) is 0. The minimum absolute atomic E-state index is 0.231. The molecule has 20 heteroatoms. The van der Waals surface area contributed by atoms with Crippen LogP contribution in [0.1, 0.15) is 79.4 Å². The van der Waals surface area contributed by atoms with Gasteiger partial charge in [0, 0.05) is 24.0 Å². The van der Waals surface area contributed by atoms with Gasteiger partial charge in [-0.1, -0.05) is 116 Å². The SMILES string of the molecule is CC(C)[Si](C#Cc1c2cc3ccccc3cc2c(C#C[Si](CCC(F)(F)C(F)(F)C(F)(F)C(F)(F)F)(C(C)C)C(C)C)c2cc3ccccc3cc12)(CCC(F)(F)C(F)(F)C(F)(F)C(F)(F)F)C(C)C. The average molecular weight is 1050 g/mol. The number of rotatable bonds is 14. The van der Waals surface area contributed by atoms with Crippen molar-refractivity contribution in [1.29, 1.82) is 0 Å². The zero-order chi connectivity index (χ0) is 53.2. The monoisotopic (exact) mass is 1050 g/mol. The van der Waals surface area contributed by atoms with E-state index < -0.39 is 111 Å². The van der Waals surface area contributed by atoms with Crippen LogP contribution < -0.4 is 0 Å². The summed E-state index contributed by atoms with van der Waals surface area (Å²) in [6, 6.07) is 18.7. The van der Waals surface area contributed by atoms with Crippen molar-refractivity contribution in [2.24, 2.45) is 0 Å². The van der Waals surface area contributed by atoms with Crippen LogP contribution in [0, 0.1) is 22.9 Å². The van der Waals surface area contributed by atoms with Gasteiger partial charge in [-0.3, -0.25) is 0 Å². The summed E-state index contributed by atoms with van der Waals surface area (Å²) in [5, 5.41) is 3.85. The maximum Gasteiger partial charge on any atom is 0.460 e. The van der Waals surface area contributed by atoms with Gasteiger partial charge >= 0.3 is 47.9 Å². The van der Waals surface area contributed by atoms with E-state index in [0.29, 0.717) is 43.1 Å². The van der Waals surface area contributed by atoms with E-state index in [2.05, 4.69) is 22.9 Å². The van der Waals surface area contributed by atoms with E-state index in [9.17, 15) is 61.5 Å². The molecule has 70 heavy (non-hydrogen) atoms. The van der Waals surface area contributed by atoms with E-state index in [4.69, 9.17) is 0 Å². The standard InChI is InChI=1S/C50H48F18Si2/c1-29(2)69(30(3)4,23-19-43(51,52)45(55,56)47(59,60)49(63,64)65)21-17-37-39-25-33-13-9-11-15-35(33)27-41(39)38(42-28-36-16-12-10-14-34(36)26-40(37)42)18-22-70(31(5)6,32(7)8)24-20-44(53,54)46(57,58)48(61,62)50(66,67)68/h9-16,25-32H,19-20,23-24H2,1-8H3. The molecule has 0 bridgehead atoms. The van der Waals surface area contributed by atoms with Crippen LogP contribution in [0.3, 0.4) is 0 Å². The molecule has 0 spiro atoms. The Morgan fingerprint density at radius 1 is 0.371 bits per heavy atom. The molecule has 0 heterocycles. The van der Waals surface area contributed by atoms with Crippen molar-refractivity contribution in [2.45, 2.75) is 150 Å². The van der Waals surface area contributed by atoms with Crippen LogP contribution in [0.25, 0.3) is 43.1 Å². The topological polar surface area (TPSA) is 0 Å². The highest BCUT2D eigenvalue weighted by Crippen LogP contribution is 2.57. The van der Waals surface area contributed by atoms with Crippen LogP contribution in [-0.2, 0) is 0 Å². The van der Waals surface area contributed by atoms with Crippen molar-refractivity contribution < 1.29 is 79.0 Å². The van der Waals surface area contributed by atoms with E-state index in [1.165, 1.54) is 0 Å². The van der Waals surface area contributed by atoms with Crippen molar-refractivity contribution in [1.82, 2.24) is 0 Å². The highest BCUT2D eigenvalue weighted by atomic mass is 28.3. The van der Waals surface area contributed by atoms with Crippen LogP contribution in [0.5, 0.6) is 0 Å². The Morgan fingerprint density at radius 3 is 0.800 bits per heavy atom. The van der Waals surface area contributed by atoms with Gasteiger partial charge in [0.1, 0.15) is 16.1 Å². The molecule has 0 radical (unpaired) electrons. The number of fused-ring (bicyclic) bond motifs is 4. The van der Waals surface area contributed by atoms with E-state index >= 15 is 17.6 Å². The summed E-state index contributed by atoms with van der Waals surface area (Å²) >= 11 is 0. The summed E-state index contributed by atoms with van der Waals surface area (Å²) in [4.78, 5) is 0. The fraction of sp³-hybridized carbons (Fsp3) is 0.480. The van der Waals surface area contributed by atoms with E-state index in [-0.39, 0.29) is 11.1 Å². The predicted octanol–water partition coefficient (Wildman–Crippen LogP) is 18.3. The zero-order valence-corrected chi connectivity index (χ0v) is 40.9. The molecule has 0 atom stereocenters. The summed E-state index contributed by atoms with van der Waals surface area (Å²) in [6.07, 6.45) is -18.1. The third kappa shape index (κ3) is 9.49. The first-order valence-electron chi connectivity index (χ1n) is 22.1. The molecule has 0 aliphatic heterocycles. The molecule has 5 aromatic rings. The fourth-order valence-electron chi connectivity index (χ4n) is 9.27. The third-order valence-electron chi connectivity index (χ3n) is 13.9. The van der Waals surface area contributed by atoms with Crippen molar-refractivity contribution in [2.75, 3.05) is 0 Å². The lowest BCUT2D eigenvalue weighted by Crippen LogP contribution is -2.61. The minimum Gasteiger partial charge on any atom is -0.200 e. The summed E-state index contributed by atoms with van der Waals surface area (Å²) in [5.41, 5.74) is 3.99. The Morgan fingerprint density at radius 2 is 0.600 bits per heavy atom. The van der Waals surface area contributed by atoms with Crippen LogP contribution >= 0.6 is 0 Å². The molecular weight excluding hydrogens is 999 g/mol. The zero-order valence-electron chi connectivity index (χ0n) is 38.9. The first-order valence-corrected chi connectivity index (χ1v) is 26.8. The number of hydrogen-bond donors (Lipinski definition) is 0. The van der Waals surface area contributed by atoms with Gasteiger partial charge in [0.2, 0.25) is 0 Å². The molecule has 0 amide bonds. The number of alkyl halides is 18. The first kappa shape index (κ1) is 56.3. The van der Waals surface area contributed by atoms with E-state index in [1.807, 2.05) is 0 Å². The molecule has 0 nitrogen and oxygen atoms in total. The van der Waals surface area contributed by atoms with Gasteiger partial charge in [0.25, 0.3) is 0 Å². The first-order chi connectivity index (χ1) is 31.8. The van der Waals surface area contributed by atoms with Crippen molar-refractivity contribution in [3.05, 3.63) is 83.9 Å². The summed E-state index contributed by atoms with van der Waals surface area (Å²) in [5.74, 6) is -33.3. The largest absolute Gasteiger partial charge is 0.460 e. The lowest BCUT2D eigenvalue weighted by molar-refractivity contribution is -0.396. The van der Waals surface area contributed by atoms with E-state index in [1.54, 1.807) is 128 Å². The molecule has 382 valence electrons. The van der Waals surface area contributed by atoms with Gasteiger partial charge in [-0.15, -0.1) is 11.1 Å². The maximum atomic E-state index is 15.2. The Balaban J connectivity index is 1.84. The van der Waals surface area contributed by atoms with Gasteiger partial charge in [-0.05, 0) is 102 Å². The molecule has 0 fully saturated rings. The molecule has 0 aliphatic rings. The smallest absolute Gasteiger partial charge is 0.200 e. The Labute approximate surface area is 394 Å². The predicted molar refractivity (Wildman–Crippen MR) is 243 cm³/mol. The van der Waals surface area contributed by atoms with Crippen LogP contribution in [0.2, 0.25) is 34.3 Å². The highest BCUT2D eigenvalue weighted by Gasteiger charge is 2.82.